The number of rotatable bonds is 3. The van der Waals surface area contributed by atoms with Gasteiger partial charge in [-0.05, 0) is 66.8 Å². The predicted octanol–water partition coefficient (Wildman–Crippen LogP) is 3.80. The van der Waals surface area contributed by atoms with E-state index in [9.17, 15) is 14.4 Å². The van der Waals surface area contributed by atoms with Crippen molar-refractivity contribution in [1.82, 2.24) is 0 Å². The molecule has 1 saturated heterocycles. The molecule has 4 aliphatic carbocycles. The summed E-state index contributed by atoms with van der Waals surface area (Å²) in [6.07, 6.45) is 5.48. The molecule has 0 radical (unpaired) electrons. The minimum absolute atomic E-state index is 0.105. The first-order valence-electron chi connectivity index (χ1n) is 10.6. The lowest BCUT2D eigenvalue weighted by Gasteiger charge is -2.37. The van der Waals surface area contributed by atoms with Crippen molar-refractivity contribution in [2.75, 3.05) is 10.2 Å². The SMILES string of the molecule is Cc1ccccc1NC(=O)c1cccc(N2C(=O)[C@@H]3[C@H]4C=C[C@@H]([C@@H]5C[C@H]45)[C@@H]3C2=O)c1. The highest BCUT2D eigenvalue weighted by Gasteiger charge is 2.67. The standard InChI is InChI=1S/C25H22N2O3/c1-13-5-2-3-8-20(13)26-23(28)14-6-4-7-15(11-14)27-24(29)21-16-9-10-17(19-12-18(16)19)22(21)25(27)30/h2-11,16-19,21-22H,12H2,1H3,(H,26,28)/t16-,17-,18-,19+,21-,22+/m0/s1. The van der Waals surface area contributed by atoms with Crippen molar-refractivity contribution >= 4 is 29.1 Å². The van der Waals surface area contributed by atoms with E-state index in [1.165, 1.54) is 4.90 Å². The first-order valence-corrected chi connectivity index (χ1v) is 10.6. The van der Waals surface area contributed by atoms with Gasteiger partial charge in [-0.2, -0.15) is 0 Å². The maximum atomic E-state index is 13.3. The van der Waals surface area contributed by atoms with E-state index in [-0.39, 0.29) is 41.4 Å². The van der Waals surface area contributed by atoms with Gasteiger partial charge in [0.05, 0.1) is 17.5 Å². The fourth-order valence-corrected chi connectivity index (χ4v) is 5.91. The molecule has 150 valence electrons. The number of allylic oxidation sites excluding steroid dienone is 2. The molecule has 2 aromatic carbocycles. The van der Waals surface area contributed by atoms with Gasteiger partial charge in [-0.3, -0.25) is 14.4 Å². The van der Waals surface area contributed by atoms with Gasteiger partial charge in [-0.1, -0.05) is 36.4 Å². The normalized spacial score (nSPS) is 32.8. The Hall–Kier alpha value is -3.21. The van der Waals surface area contributed by atoms with Crippen molar-refractivity contribution in [3.63, 3.8) is 0 Å². The number of carbonyl (C=O) groups excluding carboxylic acids is 3. The summed E-state index contributed by atoms with van der Waals surface area (Å²) in [7, 11) is 0. The molecule has 5 heteroatoms. The van der Waals surface area contributed by atoms with Crippen LogP contribution < -0.4 is 10.2 Å². The molecule has 3 fully saturated rings. The molecule has 0 aromatic heterocycles. The van der Waals surface area contributed by atoms with Crippen LogP contribution >= 0.6 is 0 Å². The third-order valence-corrected chi connectivity index (χ3v) is 7.42. The number of benzene rings is 2. The van der Waals surface area contributed by atoms with Crippen molar-refractivity contribution < 1.29 is 14.4 Å². The highest BCUT2D eigenvalue weighted by atomic mass is 16.2. The Morgan fingerprint density at radius 2 is 1.60 bits per heavy atom. The third kappa shape index (κ3) is 2.38. The zero-order chi connectivity index (χ0) is 20.6. The molecular formula is C25H22N2O3. The molecule has 5 aliphatic rings. The Balaban J connectivity index is 1.30. The van der Waals surface area contributed by atoms with E-state index >= 15 is 0 Å². The summed E-state index contributed by atoms with van der Waals surface area (Å²) < 4.78 is 0. The topological polar surface area (TPSA) is 66.5 Å². The van der Waals surface area contributed by atoms with Crippen LogP contribution in [0.4, 0.5) is 11.4 Å². The first-order chi connectivity index (χ1) is 14.5. The van der Waals surface area contributed by atoms with E-state index < -0.39 is 0 Å². The second kappa shape index (κ2) is 6.14. The first kappa shape index (κ1) is 17.6. The average Bonchev–Trinajstić information content (AvgIpc) is 3.53. The van der Waals surface area contributed by atoms with Gasteiger partial charge in [0.2, 0.25) is 11.8 Å². The Bertz CT molecular complexity index is 1100. The van der Waals surface area contributed by atoms with E-state index in [1.54, 1.807) is 24.3 Å². The fraction of sp³-hybridized carbons (Fsp3) is 0.320. The Labute approximate surface area is 174 Å². The van der Waals surface area contributed by atoms with Crippen LogP contribution in [0.15, 0.2) is 60.7 Å². The lowest BCUT2D eigenvalue weighted by molar-refractivity contribution is -0.124. The molecule has 2 aromatic rings. The zero-order valence-electron chi connectivity index (χ0n) is 16.6. The van der Waals surface area contributed by atoms with Gasteiger partial charge >= 0.3 is 0 Å². The molecule has 1 heterocycles. The summed E-state index contributed by atoms with van der Waals surface area (Å²) in [6.45, 7) is 1.93. The van der Waals surface area contributed by atoms with Crippen LogP contribution in [-0.2, 0) is 9.59 Å². The van der Waals surface area contributed by atoms with E-state index in [0.29, 0.717) is 23.1 Å². The minimum atomic E-state index is -0.259. The van der Waals surface area contributed by atoms with E-state index in [2.05, 4.69) is 17.5 Å². The van der Waals surface area contributed by atoms with Gasteiger partial charge in [0.15, 0.2) is 0 Å². The van der Waals surface area contributed by atoms with Gasteiger partial charge in [0.1, 0.15) is 0 Å². The summed E-state index contributed by atoms with van der Waals surface area (Å²) in [6, 6.07) is 14.4. The molecule has 2 bridgehead atoms. The highest BCUT2D eigenvalue weighted by Crippen LogP contribution is 2.65. The Morgan fingerprint density at radius 3 is 2.27 bits per heavy atom. The van der Waals surface area contributed by atoms with Gasteiger partial charge in [-0.25, -0.2) is 4.90 Å². The van der Waals surface area contributed by atoms with Gasteiger partial charge in [-0.15, -0.1) is 0 Å². The Morgan fingerprint density at radius 1 is 0.933 bits per heavy atom. The molecule has 5 nitrogen and oxygen atoms in total. The molecule has 1 N–H and O–H groups in total. The largest absolute Gasteiger partial charge is 0.322 e. The number of nitrogens with one attached hydrogen (secondary N) is 1. The third-order valence-electron chi connectivity index (χ3n) is 7.42. The number of hydrogen-bond acceptors (Lipinski definition) is 3. The summed E-state index contributed by atoms with van der Waals surface area (Å²) in [5, 5.41) is 2.92. The van der Waals surface area contributed by atoms with E-state index in [1.807, 2.05) is 31.2 Å². The van der Waals surface area contributed by atoms with Crippen LogP contribution in [0.1, 0.15) is 22.3 Å². The minimum Gasteiger partial charge on any atom is -0.322 e. The van der Waals surface area contributed by atoms with Crippen LogP contribution in [0, 0.1) is 42.4 Å². The maximum absolute atomic E-state index is 13.3. The van der Waals surface area contributed by atoms with Crippen LogP contribution in [0.2, 0.25) is 0 Å². The number of amides is 3. The monoisotopic (exact) mass is 398 g/mol. The number of aryl methyl sites for hydroxylation is 1. The number of hydrogen-bond donors (Lipinski definition) is 1. The van der Waals surface area contributed by atoms with Gasteiger partial charge < -0.3 is 5.32 Å². The lowest BCUT2D eigenvalue weighted by Crippen LogP contribution is -2.40. The second-order valence-electron chi connectivity index (χ2n) is 8.99. The smallest absolute Gasteiger partial charge is 0.255 e. The molecule has 6 atom stereocenters. The average molecular weight is 398 g/mol. The highest BCUT2D eigenvalue weighted by molar-refractivity contribution is 6.23. The quantitative estimate of drug-likeness (QED) is 0.632. The molecule has 30 heavy (non-hydrogen) atoms. The number of para-hydroxylation sites is 1. The fourth-order valence-electron chi connectivity index (χ4n) is 5.91. The van der Waals surface area contributed by atoms with Crippen LogP contribution in [0.5, 0.6) is 0 Å². The van der Waals surface area contributed by atoms with Crippen molar-refractivity contribution in [2.24, 2.45) is 35.5 Å². The number of nitrogens with zero attached hydrogens (tertiary/aromatic N) is 1. The zero-order valence-corrected chi connectivity index (χ0v) is 16.6. The molecule has 7 rings (SSSR count). The van der Waals surface area contributed by atoms with Crippen LogP contribution in [0.3, 0.4) is 0 Å². The Kier molecular flexibility index (Phi) is 3.61. The van der Waals surface area contributed by atoms with Crippen LogP contribution in [-0.4, -0.2) is 17.7 Å². The summed E-state index contributed by atoms with van der Waals surface area (Å²) in [5.74, 6) is 0.593. The van der Waals surface area contributed by atoms with Crippen molar-refractivity contribution in [3.8, 4) is 0 Å². The molecule has 3 amide bonds. The summed E-state index contributed by atoms with van der Waals surface area (Å²) >= 11 is 0. The number of carbonyl (C=O) groups is 3. The van der Waals surface area contributed by atoms with Crippen molar-refractivity contribution in [3.05, 3.63) is 71.8 Å². The van der Waals surface area contributed by atoms with Gasteiger partial charge in [0.25, 0.3) is 5.91 Å². The lowest BCUT2D eigenvalue weighted by atomic mass is 9.63. The van der Waals surface area contributed by atoms with Gasteiger partial charge in [0, 0.05) is 11.3 Å². The second-order valence-corrected chi connectivity index (χ2v) is 8.99. The van der Waals surface area contributed by atoms with E-state index in [4.69, 9.17) is 0 Å². The molecule has 2 saturated carbocycles. The molecule has 0 unspecified atom stereocenters. The molecule has 0 spiro atoms. The maximum Gasteiger partial charge on any atom is 0.255 e. The molecule has 1 aliphatic heterocycles. The summed E-state index contributed by atoms with van der Waals surface area (Å²) in [4.78, 5) is 40.7. The number of anilines is 2. The summed E-state index contributed by atoms with van der Waals surface area (Å²) in [5.41, 5.74) is 2.63. The predicted molar refractivity (Wildman–Crippen MR) is 113 cm³/mol. The molecular weight excluding hydrogens is 376 g/mol. The number of imide groups is 1. The van der Waals surface area contributed by atoms with Crippen LogP contribution in [0.25, 0.3) is 0 Å². The van der Waals surface area contributed by atoms with E-state index in [0.717, 1.165) is 17.7 Å². The van der Waals surface area contributed by atoms with Crippen molar-refractivity contribution in [1.29, 1.82) is 0 Å². The van der Waals surface area contributed by atoms with Crippen molar-refractivity contribution in [2.45, 2.75) is 13.3 Å².